The van der Waals surface area contributed by atoms with Crippen LogP contribution in [0.5, 0.6) is 0 Å². The number of nitrogens with zero attached hydrogens (tertiary/aromatic N) is 2. The zero-order chi connectivity index (χ0) is 15.4. The first kappa shape index (κ1) is 15.3. The summed E-state index contributed by atoms with van der Waals surface area (Å²) in [5.41, 5.74) is 3.50. The average molecular weight is 306 g/mol. The minimum atomic E-state index is -0.264. The molecule has 1 N–H and O–H groups in total. The van der Waals surface area contributed by atoms with Crippen LogP contribution in [0.1, 0.15) is 12.5 Å². The Kier molecular flexibility index (Phi) is 4.81. The Morgan fingerprint density at radius 3 is 2.48 bits per heavy atom. The number of hydrogen-bond donors (Lipinski definition) is 1. The minimum absolute atomic E-state index is 0.264. The van der Waals surface area contributed by atoms with Gasteiger partial charge in [0.05, 0.1) is 11.4 Å². The van der Waals surface area contributed by atoms with Crippen LogP contribution in [0.3, 0.4) is 0 Å². The van der Waals surface area contributed by atoms with E-state index in [2.05, 4.69) is 10.4 Å². The molecule has 0 amide bonds. The van der Waals surface area contributed by atoms with Crippen LogP contribution in [0.15, 0.2) is 47.6 Å². The Balaban J connectivity index is 2.32. The summed E-state index contributed by atoms with van der Waals surface area (Å²) in [5.74, 6) is -0.264. The monoisotopic (exact) mass is 305 g/mol. The molecule has 21 heavy (non-hydrogen) atoms. The summed E-state index contributed by atoms with van der Waals surface area (Å²) in [7, 11) is 3.67. The van der Waals surface area contributed by atoms with Crippen molar-refractivity contribution in [2.45, 2.75) is 6.92 Å². The van der Waals surface area contributed by atoms with Crippen LogP contribution < -0.4 is 10.3 Å². The highest BCUT2D eigenvalue weighted by atomic mass is 35.5. The summed E-state index contributed by atoms with van der Waals surface area (Å²) < 4.78 is 12.9. The van der Waals surface area contributed by atoms with E-state index >= 15 is 0 Å². The molecule has 0 fully saturated rings. The van der Waals surface area contributed by atoms with E-state index in [9.17, 15) is 4.39 Å². The van der Waals surface area contributed by atoms with Crippen LogP contribution in [-0.2, 0) is 0 Å². The van der Waals surface area contributed by atoms with Crippen molar-refractivity contribution in [3.05, 3.63) is 58.9 Å². The molecule has 2 aromatic carbocycles. The summed E-state index contributed by atoms with van der Waals surface area (Å²) in [4.78, 5) is 0. The maximum absolute atomic E-state index is 12.9. The fourth-order valence-corrected chi connectivity index (χ4v) is 2.20. The third kappa shape index (κ3) is 3.73. The predicted octanol–water partition coefficient (Wildman–Crippen LogP) is 4.38. The molecule has 0 aliphatic heterocycles. The van der Waals surface area contributed by atoms with Crippen LogP contribution in [0, 0.1) is 5.82 Å². The maximum atomic E-state index is 12.9. The van der Waals surface area contributed by atoms with Gasteiger partial charge in [0.25, 0.3) is 0 Å². The van der Waals surface area contributed by atoms with Gasteiger partial charge in [0.1, 0.15) is 5.82 Å². The zero-order valence-electron chi connectivity index (χ0n) is 12.2. The molecular weight excluding hydrogens is 289 g/mol. The molecule has 2 aromatic rings. The van der Waals surface area contributed by atoms with E-state index in [1.54, 1.807) is 17.1 Å². The Hall–Kier alpha value is -2.07. The molecule has 110 valence electrons. The molecule has 0 saturated carbocycles. The van der Waals surface area contributed by atoms with Crippen molar-refractivity contribution in [2.75, 3.05) is 24.4 Å². The van der Waals surface area contributed by atoms with Crippen molar-refractivity contribution < 1.29 is 4.39 Å². The lowest BCUT2D eigenvalue weighted by atomic mass is 10.1. The van der Waals surface area contributed by atoms with Crippen LogP contribution in [0.2, 0.25) is 5.02 Å². The van der Waals surface area contributed by atoms with Gasteiger partial charge in [0, 0.05) is 30.4 Å². The predicted molar refractivity (Wildman–Crippen MR) is 88.0 cm³/mol. The molecule has 0 aliphatic carbocycles. The van der Waals surface area contributed by atoms with Gasteiger partial charge in [-0.2, -0.15) is 5.10 Å². The lowest BCUT2D eigenvalue weighted by Gasteiger charge is -2.16. The van der Waals surface area contributed by atoms with Crippen molar-refractivity contribution in [1.82, 2.24) is 0 Å². The Bertz CT molecular complexity index is 653. The fourth-order valence-electron chi connectivity index (χ4n) is 2.03. The second-order valence-electron chi connectivity index (χ2n) is 4.63. The fraction of sp³-hybridized carbons (Fsp3) is 0.188. The third-order valence-corrected chi connectivity index (χ3v) is 3.38. The first-order valence-corrected chi connectivity index (χ1v) is 6.91. The van der Waals surface area contributed by atoms with Gasteiger partial charge < -0.3 is 5.32 Å². The van der Waals surface area contributed by atoms with Crippen LogP contribution >= 0.6 is 11.6 Å². The highest BCUT2D eigenvalue weighted by Crippen LogP contribution is 2.22. The molecule has 0 unspecified atom stereocenters. The van der Waals surface area contributed by atoms with Gasteiger partial charge in [0.15, 0.2) is 0 Å². The Morgan fingerprint density at radius 2 is 1.86 bits per heavy atom. The molecule has 0 atom stereocenters. The van der Waals surface area contributed by atoms with Crippen LogP contribution in [-0.4, -0.2) is 19.8 Å². The summed E-state index contributed by atoms with van der Waals surface area (Å²) in [5, 5.41) is 10.0. The van der Waals surface area contributed by atoms with Gasteiger partial charge in [-0.3, -0.25) is 5.01 Å². The second-order valence-corrected chi connectivity index (χ2v) is 5.06. The van der Waals surface area contributed by atoms with Crippen molar-refractivity contribution >= 4 is 28.7 Å². The maximum Gasteiger partial charge on any atom is 0.123 e. The Morgan fingerprint density at radius 1 is 1.19 bits per heavy atom. The van der Waals surface area contributed by atoms with E-state index in [0.717, 1.165) is 22.6 Å². The van der Waals surface area contributed by atoms with Gasteiger partial charge in [-0.1, -0.05) is 11.6 Å². The van der Waals surface area contributed by atoms with Crippen LogP contribution in [0.25, 0.3) is 0 Å². The minimum Gasteiger partial charge on any atom is -0.388 e. The van der Waals surface area contributed by atoms with Gasteiger partial charge in [-0.15, -0.1) is 0 Å². The molecule has 0 spiro atoms. The van der Waals surface area contributed by atoms with Crippen molar-refractivity contribution in [1.29, 1.82) is 0 Å². The summed E-state index contributed by atoms with van der Waals surface area (Å²) in [6, 6.07) is 11.8. The van der Waals surface area contributed by atoms with Crippen LogP contribution in [0.4, 0.5) is 15.8 Å². The molecular formula is C16H17ClFN3. The number of nitrogens with one attached hydrogen (secondary N) is 1. The van der Waals surface area contributed by atoms with Crippen molar-refractivity contribution in [3.63, 3.8) is 0 Å². The number of hydrazone groups is 1. The number of benzene rings is 2. The third-order valence-electron chi connectivity index (χ3n) is 3.14. The van der Waals surface area contributed by atoms with E-state index < -0.39 is 0 Å². The molecule has 0 bridgehead atoms. The van der Waals surface area contributed by atoms with E-state index in [4.69, 9.17) is 11.6 Å². The zero-order valence-corrected chi connectivity index (χ0v) is 12.9. The number of hydrogen-bond acceptors (Lipinski definition) is 3. The summed E-state index contributed by atoms with van der Waals surface area (Å²) in [6.45, 7) is 1.91. The first-order valence-electron chi connectivity index (χ1n) is 6.53. The average Bonchev–Trinajstić information content (AvgIpc) is 2.47. The van der Waals surface area contributed by atoms with E-state index in [1.807, 2.05) is 39.2 Å². The molecule has 0 aliphatic rings. The highest BCUT2D eigenvalue weighted by Gasteiger charge is 2.07. The standard InChI is InChI=1S/C16H17ClFN3/c1-11(15-10-12(17)4-9-16(15)19-2)20-21(3)14-7-5-13(18)6-8-14/h4-10,19H,1-3H3/b20-11+. The van der Waals surface area contributed by atoms with E-state index in [1.165, 1.54) is 12.1 Å². The number of anilines is 2. The summed E-state index contributed by atoms with van der Waals surface area (Å²) >= 11 is 6.05. The molecule has 2 rings (SSSR count). The van der Waals surface area contributed by atoms with Gasteiger partial charge >= 0.3 is 0 Å². The molecule has 0 aromatic heterocycles. The number of rotatable bonds is 4. The molecule has 3 nitrogen and oxygen atoms in total. The van der Waals surface area contributed by atoms with Gasteiger partial charge in [-0.05, 0) is 49.4 Å². The molecule has 0 saturated heterocycles. The van der Waals surface area contributed by atoms with Gasteiger partial charge in [0.2, 0.25) is 0 Å². The van der Waals surface area contributed by atoms with E-state index in [0.29, 0.717) is 5.02 Å². The smallest absolute Gasteiger partial charge is 0.123 e. The molecule has 5 heteroatoms. The first-order chi connectivity index (χ1) is 10.0. The largest absolute Gasteiger partial charge is 0.388 e. The van der Waals surface area contributed by atoms with Crippen molar-refractivity contribution in [2.24, 2.45) is 5.10 Å². The molecule has 0 radical (unpaired) electrons. The lowest BCUT2D eigenvalue weighted by molar-refractivity contribution is 0.627. The topological polar surface area (TPSA) is 27.6 Å². The molecule has 0 heterocycles. The SMILES string of the molecule is CNc1ccc(Cl)cc1/C(C)=N/N(C)c1ccc(F)cc1. The second kappa shape index (κ2) is 6.59. The Labute approximate surface area is 129 Å². The van der Waals surface area contributed by atoms with Crippen molar-refractivity contribution in [3.8, 4) is 0 Å². The van der Waals surface area contributed by atoms with E-state index in [-0.39, 0.29) is 5.82 Å². The summed E-state index contributed by atoms with van der Waals surface area (Å²) in [6.07, 6.45) is 0. The lowest BCUT2D eigenvalue weighted by Crippen LogP contribution is -2.13. The highest BCUT2D eigenvalue weighted by molar-refractivity contribution is 6.31. The quantitative estimate of drug-likeness (QED) is 0.670. The van der Waals surface area contributed by atoms with Gasteiger partial charge in [-0.25, -0.2) is 4.39 Å². The normalized spacial score (nSPS) is 11.4. The number of halogens is 2.